The van der Waals surface area contributed by atoms with Crippen molar-refractivity contribution >= 4 is 34.7 Å². The number of carbonyl (C=O) groups is 1. The lowest BCUT2D eigenvalue weighted by Crippen LogP contribution is -2.25. The summed E-state index contributed by atoms with van der Waals surface area (Å²) in [5, 5.41) is 3.41. The maximum atomic E-state index is 12.5. The number of rotatable bonds is 3. The lowest BCUT2D eigenvalue weighted by molar-refractivity contribution is 0.102. The van der Waals surface area contributed by atoms with E-state index in [9.17, 15) is 4.79 Å². The molecule has 1 unspecified atom stereocenters. The molecule has 1 aromatic heterocycles. The van der Waals surface area contributed by atoms with Crippen LogP contribution in [0, 0.1) is 6.92 Å². The van der Waals surface area contributed by atoms with Gasteiger partial charge in [-0.3, -0.25) is 4.79 Å². The van der Waals surface area contributed by atoms with Crippen LogP contribution in [-0.4, -0.2) is 21.9 Å². The molecule has 2 aromatic carbocycles. The first-order chi connectivity index (χ1) is 13.0. The van der Waals surface area contributed by atoms with E-state index in [1.165, 1.54) is 11.8 Å². The number of fused-ring (bicyclic) bond motifs is 1. The summed E-state index contributed by atoms with van der Waals surface area (Å²) in [6.45, 7) is 4.07. The van der Waals surface area contributed by atoms with Crippen LogP contribution in [0.25, 0.3) is 0 Å². The Labute approximate surface area is 163 Å². The van der Waals surface area contributed by atoms with Gasteiger partial charge in [-0.15, -0.1) is 0 Å². The third-order valence-corrected chi connectivity index (χ3v) is 5.01. The standard InChI is InChI=1S/C21H19ClN4O/c1-13-7-8-16(22)10-17(13)25-21(27)18-11-24-20(12-23-18)26-14(2)9-15-5-3-4-6-19(15)26/h3-8,10-12,14H,9H2,1-2H3,(H,25,27). The topological polar surface area (TPSA) is 58.1 Å². The number of hydrogen-bond acceptors (Lipinski definition) is 4. The van der Waals surface area contributed by atoms with Crippen molar-refractivity contribution in [2.45, 2.75) is 26.3 Å². The van der Waals surface area contributed by atoms with Crippen LogP contribution in [0.5, 0.6) is 0 Å². The average molecular weight is 379 g/mol. The summed E-state index contributed by atoms with van der Waals surface area (Å²) in [5.41, 5.74) is 4.30. The van der Waals surface area contributed by atoms with Gasteiger partial charge in [-0.1, -0.05) is 35.9 Å². The molecule has 4 rings (SSSR count). The highest BCUT2D eigenvalue weighted by molar-refractivity contribution is 6.31. The molecule has 0 bridgehead atoms. The molecule has 3 aromatic rings. The van der Waals surface area contributed by atoms with E-state index in [1.807, 2.05) is 25.1 Å². The molecule has 1 aliphatic heterocycles. The Balaban J connectivity index is 1.56. The van der Waals surface area contributed by atoms with Gasteiger partial charge in [0.1, 0.15) is 5.69 Å². The molecule has 0 saturated heterocycles. The number of aromatic nitrogens is 2. The molecule has 1 amide bonds. The van der Waals surface area contributed by atoms with E-state index < -0.39 is 0 Å². The maximum Gasteiger partial charge on any atom is 0.275 e. The number of carbonyl (C=O) groups excluding carboxylic acids is 1. The zero-order valence-electron chi connectivity index (χ0n) is 15.1. The molecule has 1 N–H and O–H groups in total. The zero-order chi connectivity index (χ0) is 19.0. The summed E-state index contributed by atoms with van der Waals surface area (Å²) in [7, 11) is 0. The smallest absolute Gasteiger partial charge is 0.275 e. The SMILES string of the molecule is Cc1ccc(Cl)cc1NC(=O)c1cnc(N2c3ccccc3CC2C)cn1. The number of amides is 1. The molecule has 1 aliphatic rings. The number of hydrogen-bond donors (Lipinski definition) is 1. The number of nitrogens with zero attached hydrogens (tertiary/aromatic N) is 3. The Morgan fingerprint density at radius 1 is 1.19 bits per heavy atom. The second-order valence-corrected chi connectivity index (χ2v) is 7.16. The minimum absolute atomic E-state index is 0.262. The molecule has 2 heterocycles. The van der Waals surface area contributed by atoms with Crippen molar-refractivity contribution in [2.75, 3.05) is 10.2 Å². The first-order valence-electron chi connectivity index (χ1n) is 8.79. The van der Waals surface area contributed by atoms with E-state index in [0.29, 0.717) is 16.8 Å². The van der Waals surface area contributed by atoms with Gasteiger partial charge in [-0.2, -0.15) is 0 Å². The number of nitrogens with one attached hydrogen (secondary N) is 1. The van der Waals surface area contributed by atoms with Crippen LogP contribution in [-0.2, 0) is 6.42 Å². The van der Waals surface area contributed by atoms with Crippen LogP contribution in [0.2, 0.25) is 5.02 Å². The molecule has 27 heavy (non-hydrogen) atoms. The van der Waals surface area contributed by atoms with Crippen molar-refractivity contribution in [3.63, 3.8) is 0 Å². The van der Waals surface area contributed by atoms with E-state index in [1.54, 1.807) is 18.3 Å². The monoisotopic (exact) mass is 378 g/mol. The summed E-state index contributed by atoms with van der Waals surface area (Å²) in [4.78, 5) is 23.5. The van der Waals surface area contributed by atoms with Gasteiger partial charge in [0.05, 0.1) is 12.4 Å². The summed E-state index contributed by atoms with van der Waals surface area (Å²) < 4.78 is 0. The Kier molecular flexibility index (Phi) is 4.54. The minimum Gasteiger partial charge on any atom is -0.322 e. The summed E-state index contributed by atoms with van der Waals surface area (Å²) >= 11 is 6.01. The van der Waals surface area contributed by atoms with Gasteiger partial charge in [0.2, 0.25) is 0 Å². The molecule has 5 nitrogen and oxygen atoms in total. The lowest BCUT2D eigenvalue weighted by Gasteiger charge is -2.23. The van der Waals surface area contributed by atoms with Crippen LogP contribution in [0.15, 0.2) is 54.9 Å². The molecule has 136 valence electrons. The normalized spacial score (nSPS) is 15.5. The summed E-state index contributed by atoms with van der Waals surface area (Å²) in [6, 6.07) is 14.0. The largest absolute Gasteiger partial charge is 0.322 e. The third kappa shape index (κ3) is 3.38. The van der Waals surface area contributed by atoms with E-state index in [4.69, 9.17) is 11.6 Å². The van der Waals surface area contributed by atoms with Crippen LogP contribution in [0.1, 0.15) is 28.5 Å². The second-order valence-electron chi connectivity index (χ2n) is 6.73. The molecule has 6 heteroatoms. The zero-order valence-corrected chi connectivity index (χ0v) is 15.9. The van der Waals surface area contributed by atoms with Gasteiger partial charge in [0.25, 0.3) is 5.91 Å². The predicted molar refractivity (Wildman–Crippen MR) is 108 cm³/mol. The molecule has 0 fully saturated rings. The van der Waals surface area contributed by atoms with Crippen LogP contribution >= 0.6 is 11.6 Å². The highest BCUT2D eigenvalue weighted by Crippen LogP contribution is 2.36. The van der Waals surface area contributed by atoms with Gasteiger partial charge < -0.3 is 10.2 Å². The molecule has 0 aliphatic carbocycles. The second kappa shape index (κ2) is 7.00. The van der Waals surface area contributed by atoms with Crippen molar-refractivity contribution in [1.29, 1.82) is 0 Å². The van der Waals surface area contributed by atoms with Crippen molar-refractivity contribution in [3.8, 4) is 0 Å². The Hall–Kier alpha value is -2.92. The molecule has 0 saturated carbocycles. The maximum absolute atomic E-state index is 12.5. The summed E-state index contributed by atoms with van der Waals surface area (Å²) in [5.74, 6) is 0.428. The first kappa shape index (κ1) is 17.5. The highest BCUT2D eigenvalue weighted by Gasteiger charge is 2.28. The fraction of sp³-hybridized carbons (Fsp3) is 0.190. The van der Waals surface area contributed by atoms with Gasteiger partial charge in [-0.25, -0.2) is 9.97 Å². The van der Waals surface area contributed by atoms with Gasteiger partial charge in [-0.05, 0) is 49.6 Å². The number of anilines is 3. The van der Waals surface area contributed by atoms with Crippen LogP contribution in [0.3, 0.4) is 0 Å². The number of benzene rings is 2. The predicted octanol–water partition coefficient (Wildman–Crippen LogP) is 4.77. The molecule has 0 spiro atoms. The van der Waals surface area contributed by atoms with Crippen molar-refractivity contribution in [2.24, 2.45) is 0 Å². The van der Waals surface area contributed by atoms with E-state index in [2.05, 4.69) is 39.2 Å². The quantitative estimate of drug-likeness (QED) is 0.713. The molecule has 1 atom stereocenters. The van der Waals surface area contributed by atoms with E-state index in [0.717, 1.165) is 23.5 Å². The molecule has 0 radical (unpaired) electrons. The van der Waals surface area contributed by atoms with E-state index in [-0.39, 0.29) is 11.6 Å². The van der Waals surface area contributed by atoms with Crippen molar-refractivity contribution < 1.29 is 4.79 Å². The van der Waals surface area contributed by atoms with Crippen LogP contribution < -0.4 is 10.2 Å². The number of para-hydroxylation sites is 1. The molecular weight excluding hydrogens is 360 g/mol. The Morgan fingerprint density at radius 2 is 2.00 bits per heavy atom. The van der Waals surface area contributed by atoms with Crippen LogP contribution in [0.4, 0.5) is 17.2 Å². The van der Waals surface area contributed by atoms with Crippen molar-refractivity contribution in [3.05, 3.63) is 76.7 Å². The third-order valence-electron chi connectivity index (χ3n) is 4.77. The van der Waals surface area contributed by atoms with Gasteiger partial charge >= 0.3 is 0 Å². The Morgan fingerprint density at radius 3 is 2.78 bits per heavy atom. The Bertz CT molecular complexity index is 1000. The number of aryl methyl sites for hydroxylation is 1. The van der Waals surface area contributed by atoms with Crippen molar-refractivity contribution in [1.82, 2.24) is 9.97 Å². The molecular formula is C21H19ClN4O. The average Bonchev–Trinajstić information content (AvgIpc) is 3.00. The van der Waals surface area contributed by atoms with Gasteiger partial charge in [0.15, 0.2) is 5.82 Å². The van der Waals surface area contributed by atoms with E-state index >= 15 is 0 Å². The minimum atomic E-state index is -0.311. The fourth-order valence-corrected chi connectivity index (χ4v) is 3.56. The fourth-order valence-electron chi connectivity index (χ4n) is 3.39. The van der Waals surface area contributed by atoms with Gasteiger partial charge in [0, 0.05) is 22.4 Å². The number of halogens is 1. The summed E-state index contributed by atoms with van der Waals surface area (Å²) in [6.07, 6.45) is 4.13. The first-order valence-corrected chi connectivity index (χ1v) is 9.17. The highest BCUT2D eigenvalue weighted by atomic mass is 35.5. The lowest BCUT2D eigenvalue weighted by atomic mass is 10.1.